The molecular formula is C22H25F4N5O3S2. The lowest BCUT2D eigenvalue weighted by molar-refractivity contribution is -0.160. The number of nitrogens with one attached hydrogen (secondary N) is 2. The van der Waals surface area contributed by atoms with E-state index < -0.39 is 62.4 Å². The van der Waals surface area contributed by atoms with Gasteiger partial charge in [-0.15, -0.1) is 10.2 Å². The summed E-state index contributed by atoms with van der Waals surface area (Å²) in [7, 11) is -4.16. The molecule has 14 heteroatoms. The summed E-state index contributed by atoms with van der Waals surface area (Å²) < 4.78 is 81.0. The summed E-state index contributed by atoms with van der Waals surface area (Å²) in [4.78, 5) is 12.9. The highest BCUT2D eigenvalue weighted by Crippen LogP contribution is 2.36. The van der Waals surface area contributed by atoms with Gasteiger partial charge in [-0.3, -0.25) is 10.1 Å². The van der Waals surface area contributed by atoms with Gasteiger partial charge < -0.3 is 5.32 Å². The number of hydrogen-bond donors (Lipinski definition) is 2. The third-order valence-electron chi connectivity index (χ3n) is 5.41. The summed E-state index contributed by atoms with van der Waals surface area (Å²) in [5.41, 5.74) is -2.01. The fraction of sp³-hybridized carbons (Fsp3) is 0.545. The van der Waals surface area contributed by atoms with Crippen LogP contribution in [0.15, 0.2) is 24.3 Å². The normalized spacial score (nSPS) is 17.2. The predicted molar refractivity (Wildman–Crippen MR) is 124 cm³/mol. The Bertz CT molecular complexity index is 1240. The number of sulfone groups is 1. The number of nitriles is 1. The summed E-state index contributed by atoms with van der Waals surface area (Å²) >= 11 is 1.06. The molecule has 0 unspecified atom stereocenters. The summed E-state index contributed by atoms with van der Waals surface area (Å²) in [6, 6.07) is 1.04. The Morgan fingerprint density at radius 3 is 2.28 bits per heavy atom. The molecule has 0 radical (unpaired) electrons. The summed E-state index contributed by atoms with van der Waals surface area (Å²) in [5.74, 6) is -3.42. The number of benzene rings is 1. The third-order valence-corrected chi connectivity index (χ3v) is 8.50. The smallest absolute Gasteiger partial charge is 0.336 e. The summed E-state index contributed by atoms with van der Waals surface area (Å²) in [5, 5.41) is 22.3. The maximum Gasteiger partial charge on any atom is 0.407 e. The van der Waals surface area contributed by atoms with Gasteiger partial charge in [0.15, 0.2) is 9.84 Å². The predicted octanol–water partition coefficient (Wildman–Crippen LogP) is 3.32. The lowest BCUT2D eigenvalue weighted by Gasteiger charge is -2.28. The van der Waals surface area contributed by atoms with Gasteiger partial charge in [-0.2, -0.15) is 18.4 Å². The maximum absolute atomic E-state index is 13.9. The van der Waals surface area contributed by atoms with Gasteiger partial charge in [-0.25, -0.2) is 12.8 Å². The highest BCUT2D eigenvalue weighted by molar-refractivity contribution is 7.90. The summed E-state index contributed by atoms with van der Waals surface area (Å²) in [6.07, 6.45) is -4.33. The molecule has 1 aliphatic rings. The van der Waals surface area contributed by atoms with Crippen LogP contribution in [0.25, 0.3) is 0 Å². The van der Waals surface area contributed by atoms with Crippen molar-refractivity contribution in [2.45, 2.75) is 68.6 Å². The molecule has 0 spiro atoms. The van der Waals surface area contributed by atoms with Crippen LogP contribution < -0.4 is 10.6 Å². The molecule has 1 aromatic carbocycles. The number of rotatable bonds is 9. The molecule has 196 valence electrons. The number of amides is 1. The van der Waals surface area contributed by atoms with E-state index in [4.69, 9.17) is 0 Å². The van der Waals surface area contributed by atoms with Crippen molar-refractivity contribution in [2.75, 3.05) is 5.75 Å². The zero-order valence-electron chi connectivity index (χ0n) is 19.7. The van der Waals surface area contributed by atoms with Gasteiger partial charge in [-0.1, -0.05) is 44.2 Å². The molecule has 1 saturated carbocycles. The number of carbonyl (C=O) groups excluding carboxylic acids is 1. The third kappa shape index (κ3) is 7.21. The molecule has 2 N–H and O–H groups in total. The van der Waals surface area contributed by atoms with Crippen LogP contribution in [0.5, 0.6) is 0 Å². The van der Waals surface area contributed by atoms with Crippen molar-refractivity contribution in [3.8, 4) is 6.07 Å². The van der Waals surface area contributed by atoms with E-state index in [1.54, 1.807) is 0 Å². The van der Waals surface area contributed by atoms with E-state index in [0.717, 1.165) is 35.6 Å². The molecule has 0 aliphatic heterocycles. The van der Waals surface area contributed by atoms with Crippen molar-refractivity contribution >= 4 is 27.1 Å². The Labute approximate surface area is 210 Å². The first kappa shape index (κ1) is 27.9. The standard InChI is InChI=1S/C22H25F4N5O3S2/c1-20(2,3)19-31-30-16(35-19)11-36(33,34)10-15(18(32)29-21(12-27)8-9-21)28-17(22(24,25)26)13-4-6-14(23)7-5-13/h4-7,15,17,28H,8-11H2,1-3H3,(H,29,32)/t15-,17-/m0/s1. The van der Waals surface area contributed by atoms with Crippen LogP contribution >= 0.6 is 11.3 Å². The van der Waals surface area contributed by atoms with E-state index in [1.165, 1.54) is 0 Å². The first-order chi connectivity index (χ1) is 16.5. The molecule has 1 amide bonds. The highest BCUT2D eigenvalue weighted by atomic mass is 32.2. The molecule has 2 atom stereocenters. The van der Waals surface area contributed by atoms with Crippen molar-refractivity contribution < 1.29 is 30.8 Å². The highest BCUT2D eigenvalue weighted by Gasteiger charge is 2.48. The fourth-order valence-electron chi connectivity index (χ4n) is 3.26. The minimum absolute atomic E-state index is 0.140. The van der Waals surface area contributed by atoms with Crippen LogP contribution in [0.1, 0.15) is 55.2 Å². The lowest BCUT2D eigenvalue weighted by Crippen LogP contribution is -2.54. The zero-order valence-corrected chi connectivity index (χ0v) is 21.3. The molecule has 0 saturated heterocycles. The van der Waals surface area contributed by atoms with Crippen molar-refractivity contribution in [1.29, 1.82) is 5.26 Å². The molecular weight excluding hydrogens is 522 g/mol. The number of halogens is 4. The SMILES string of the molecule is CC(C)(C)c1nnc(CS(=O)(=O)C[C@H](N[C@@H](c2ccc(F)cc2)C(F)(F)F)C(=O)NC2(C#N)CC2)s1. The Balaban J connectivity index is 1.88. The van der Waals surface area contributed by atoms with Crippen molar-refractivity contribution in [3.05, 3.63) is 45.7 Å². The Morgan fingerprint density at radius 1 is 1.19 bits per heavy atom. The largest absolute Gasteiger partial charge is 0.407 e. The van der Waals surface area contributed by atoms with E-state index in [-0.39, 0.29) is 10.4 Å². The van der Waals surface area contributed by atoms with Crippen LogP contribution in [0.3, 0.4) is 0 Å². The second-order valence-corrected chi connectivity index (χ2v) is 12.9. The number of hydrogen-bond acceptors (Lipinski definition) is 8. The van der Waals surface area contributed by atoms with Crippen molar-refractivity contribution in [1.82, 2.24) is 20.8 Å². The number of alkyl halides is 3. The van der Waals surface area contributed by atoms with Gasteiger partial charge in [-0.05, 0) is 30.5 Å². The first-order valence-electron chi connectivity index (χ1n) is 10.9. The van der Waals surface area contributed by atoms with Gasteiger partial charge in [0.05, 0.1) is 11.8 Å². The van der Waals surface area contributed by atoms with Gasteiger partial charge in [0, 0.05) is 5.41 Å². The molecule has 3 rings (SSSR count). The average molecular weight is 548 g/mol. The van der Waals surface area contributed by atoms with Gasteiger partial charge in [0.2, 0.25) is 5.91 Å². The molecule has 36 heavy (non-hydrogen) atoms. The molecule has 1 heterocycles. The van der Waals surface area contributed by atoms with Crippen LogP contribution in [-0.4, -0.2) is 48.0 Å². The Morgan fingerprint density at radius 2 is 1.81 bits per heavy atom. The number of carbonyl (C=O) groups is 1. The number of nitrogens with zero attached hydrogens (tertiary/aromatic N) is 3. The Kier molecular flexibility index (Phi) is 7.78. The quantitative estimate of drug-likeness (QED) is 0.462. The molecule has 1 aliphatic carbocycles. The van der Waals surface area contributed by atoms with E-state index in [0.29, 0.717) is 17.8 Å². The van der Waals surface area contributed by atoms with E-state index in [1.807, 2.05) is 26.8 Å². The van der Waals surface area contributed by atoms with Gasteiger partial charge in [0.25, 0.3) is 0 Å². The molecule has 2 aromatic rings. The van der Waals surface area contributed by atoms with E-state index in [2.05, 4.69) is 20.8 Å². The fourth-order valence-corrected chi connectivity index (χ4v) is 6.04. The molecule has 0 bridgehead atoms. The molecule has 1 fully saturated rings. The minimum atomic E-state index is -4.94. The second-order valence-electron chi connectivity index (χ2n) is 9.73. The number of aromatic nitrogens is 2. The molecule has 8 nitrogen and oxygen atoms in total. The van der Waals surface area contributed by atoms with E-state index in [9.17, 15) is 36.0 Å². The summed E-state index contributed by atoms with van der Waals surface area (Å²) in [6.45, 7) is 5.60. The maximum atomic E-state index is 13.9. The van der Waals surface area contributed by atoms with Crippen molar-refractivity contribution in [2.24, 2.45) is 0 Å². The first-order valence-corrected chi connectivity index (χ1v) is 13.5. The van der Waals surface area contributed by atoms with Gasteiger partial charge >= 0.3 is 6.18 Å². The second kappa shape index (κ2) is 10.0. The van der Waals surface area contributed by atoms with Crippen LogP contribution in [-0.2, 0) is 25.8 Å². The van der Waals surface area contributed by atoms with E-state index >= 15 is 0 Å². The van der Waals surface area contributed by atoms with Crippen LogP contribution in [0.2, 0.25) is 0 Å². The van der Waals surface area contributed by atoms with Crippen molar-refractivity contribution in [3.63, 3.8) is 0 Å². The lowest BCUT2D eigenvalue weighted by atomic mass is 9.98. The minimum Gasteiger partial charge on any atom is -0.336 e. The topological polar surface area (TPSA) is 125 Å². The monoisotopic (exact) mass is 547 g/mol. The van der Waals surface area contributed by atoms with Crippen LogP contribution in [0.4, 0.5) is 17.6 Å². The zero-order chi connectivity index (χ0) is 26.9. The Hall–Kier alpha value is -2.63. The van der Waals surface area contributed by atoms with Gasteiger partial charge in [0.1, 0.15) is 39.2 Å². The molecule has 1 aromatic heterocycles. The average Bonchev–Trinajstić information content (AvgIpc) is 3.36. The van der Waals surface area contributed by atoms with Crippen LogP contribution in [0, 0.1) is 17.1 Å².